The van der Waals surface area contributed by atoms with Gasteiger partial charge in [0, 0.05) is 11.6 Å². The molecule has 0 amide bonds. The molecule has 0 aliphatic rings. The van der Waals surface area contributed by atoms with E-state index in [0.29, 0.717) is 0 Å². The van der Waals surface area contributed by atoms with Crippen molar-refractivity contribution >= 4 is 11.6 Å². The molecule has 0 atom stereocenters. The van der Waals surface area contributed by atoms with Crippen LogP contribution in [0.25, 0.3) is 0 Å². The van der Waals surface area contributed by atoms with Gasteiger partial charge in [0.05, 0.1) is 18.3 Å². The number of hydrogen-bond donors (Lipinski definition) is 2. The van der Waals surface area contributed by atoms with Crippen LogP contribution in [0.15, 0.2) is 41.4 Å². The number of aliphatic imine (C=N–C) groups is 1. The number of nitrogens with zero attached hydrogens (tertiary/aromatic N) is 1. The predicted octanol–water partition coefficient (Wildman–Crippen LogP) is 3.99. The van der Waals surface area contributed by atoms with Crippen molar-refractivity contribution in [1.29, 1.82) is 0 Å². The summed E-state index contributed by atoms with van der Waals surface area (Å²) in [5.41, 5.74) is 7.64. The van der Waals surface area contributed by atoms with Crippen molar-refractivity contribution in [3.63, 3.8) is 0 Å². The molecule has 128 valence electrons. The highest BCUT2D eigenvalue weighted by atomic mass is 19.1. The Morgan fingerprint density at radius 1 is 1.21 bits per heavy atom. The predicted molar refractivity (Wildman–Crippen MR) is 92.3 cm³/mol. The van der Waals surface area contributed by atoms with Crippen molar-refractivity contribution in [2.45, 2.75) is 33.4 Å². The zero-order chi connectivity index (χ0) is 17.7. The largest absolute Gasteiger partial charge is 0.491 e. The number of anilines is 1. The first kappa shape index (κ1) is 17.7. The number of benzene rings is 2. The summed E-state index contributed by atoms with van der Waals surface area (Å²) in [6, 6.07) is 8.88. The highest BCUT2D eigenvalue weighted by molar-refractivity contribution is 5.92. The fourth-order valence-corrected chi connectivity index (χ4v) is 2.10. The smallest absolute Gasteiger partial charge is 0.193 e. The first-order valence-corrected chi connectivity index (χ1v) is 7.63. The van der Waals surface area contributed by atoms with Crippen LogP contribution in [0.4, 0.5) is 14.5 Å². The lowest BCUT2D eigenvalue weighted by Gasteiger charge is -2.14. The second kappa shape index (κ2) is 7.77. The lowest BCUT2D eigenvalue weighted by molar-refractivity contribution is 0.240. The van der Waals surface area contributed by atoms with E-state index in [-0.39, 0.29) is 24.3 Å². The maximum atomic E-state index is 13.6. The molecule has 24 heavy (non-hydrogen) atoms. The second-order valence-corrected chi connectivity index (χ2v) is 5.73. The van der Waals surface area contributed by atoms with Crippen molar-refractivity contribution in [2.24, 2.45) is 10.7 Å². The Bertz CT molecular complexity index is 745. The summed E-state index contributed by atoms with van der Waals surface area (Å²) in [5, 5.41) is 2.56. The minimum absolute atomic E-state index is 0.00410. The molecule has 0 aliphatic carbocycles. The van der Waals surface area contributed by atoms with Gasteiger partial charge < -0.3 is 15.8 Å². The van der Waals surface area contributed by atoms with Crippen LogP contribution in [0.3, 0.4) is 0 Å². The van der Waals surface area contributed by atoms with E-state index in [2.05, 4.69) is 10.3 Å². The first-order valence-electron chi connectivity index (χ1n) is 7.63. The molecule has 0 spiro atoms. The number of aryl methyl sites for hydroxylation is 1. The van der Waals surface area contributed by atoms with Gasteiger partial charge in [0.1, 0.15) is 17.4 Å². The molecule has 0 fully saturated rings. The molecule has 0 saturated carbocycles. The SMILES string of the molecule is Cc1ccc(CN=C(N)Nc2cc(F)ccc2F)c(OC(C)C)c1. The van der Waals surface area contributed by atoms with Crippen LogP contribution in [-0.2, 0) is 6.54 Å². The molecule has 0 heterocycles. The fourth-order valence-electron chi connectivity index (χ4n) is 2.10. The topological polar surface area (TPSA) is 59.6 Å². The molecule has 0 saturated heterocycles. The third-order valence-corrected chi connectivity index (χ3v) is 3.20. The summed E-state index contributed by atoms with van der Waals surface area (Å²) in [7, 11) is 0. The third kappa shape index (κ3) is 4.94. The Labute approximate surface area is 140 Å². The summed E-state index contributed by atoms with van der Waals surface area (Å²) >= 11 is 0. The van der Waals surface area contributed by atoms with Crippen LogP contribution in [0.5, 0.6) is 5.75 Å². The second-order valence-electron chi connectivity index (χ2n) is 5.73. The average Bonchev–Trinajstić information content (AvgIpc) is 2.49. The number of nitrogens with two attached hydrogens (primary N) is 1. The molecule has 3 N–H and O–H groups in total. The Balaban J connectivity index is 2.13. The highest BCUT2D eigenvalue weighted by Crippen LogP contribution is 2.22. The molecule has 0 bridgehead atoms. The number of guanidine groups is 1. The lowest BCUT2D eigenvalue weighted by Crippen LogP contribution is -2.23. The molecule has 0 unspecified atom stereocenters. The maximum Gasteiger partial charge on any atom is 0.193 e. The summed E-state index contributed by atoms with van der Waals surface area (Å²) < 4.78 is 32.5. The van der Waals surface area contributed by atoms with Gasteiger partial charge in [-0.1, -0.05) is 12.1 Å². The first-order chi connectivity index (χ1) is 11.3. The van der Waals surface area contributed by atoms with Crippen LogP contribution in [-0.4, -0.2) is 12.1 Å². The number of rotatable bonds is 5. The highest BCUT2D eigenvalue weighted by Gasteiger charge is 2.08. The van der Waals surface area contributed by atoms with E-state index >= 15 is 0 Å². The standard InChI is InChI=1S/C18H21F2N3O/c1-11(2)24-17-8-12(3)4-5-13(17)10-22-18(21)23-16-9-14(19)6-7-15(16)20/h4-9,11H,10H2,1-3H3,(H3,21,22,23). The summed E-state index contributed by atoms with van der Waals surface area (Å²) in [6.45, 7) is 6.12. The maximum absolute atomic E-state index is 13.6. The minimum Gasteiger partial charge on any atom is -0.491 e. The Kier molecular flexibility index (Phi) is 5.73. The number of nitrogens with one attached hydrogen (secondary N) is 1. The van der Waals surface area contributed by atoms with E-state index < -0.39 is 11.6 Å². The Hall–Kier alpha value is -2.63. The lowest BCUT2D eigenvalue weighted by atomic mass is 10.1. The third-order valence-electron chi connectivity index (χ3n) is 3.20. The van der Waals surface area contributed by atoms with Gasteiger partial charge >= 0.3 is 0 Å². The van der Waals surface area contributed by atoms with Gasteiger partial charge in [0.25, 0.3) is 0 Å². The Morgan fingerprint density at radius 3 is 2.67 bits per heavy atom. The number of hydrogen-bond acceptors (Lipinski definition) is 2. The van der Waals surface area contributed by atoms with Crippen molar-refractivity contribution in [3.8, 4) is 5.75 Å². The van der Waals surface area contributed by atoms with E-state index in [1.54, 1.807) is 0 Å². The van der Waals surface area contributed by atoms with Gasteiger partial charge in [-0.2, -0.15) is 0 Å². The molecular weight excluding hydrogens is 312 g/mol. The van der Waals surface area contributed by atoms with Crippen molar-refractivity contribution in [1.82, 2.24) is 0 Å². The van der Waals surface area contributed by atoms with E-state index in [0.717, 1.165) is 35.1 Å². The van der Waals surface area contributed by atoms with Crippen LogP contribution in [0.1, 0.15) is 25.0 Å². The summed E-state index contributed by atoms with van der Waals surface area (Å²) in [5.74, 6) is -0.430. The van der Waals surface area contributed by atoms with Gasteiger partial charge in [-0.25, -0.2) is 13.8 Å². The summed E-state index contributed by atoms with van der Waals surface area (Å²) in [6.07, 6.45) is 0.0337. The molecule has 0 radical (unpaired) electrons. The number of halogens is 2. The van der Waals surface area contributed by atoms with Crippen molar-refractivity contribution in [2.75, 3.05) is 5.32 Å². The van der Waals surface area contributed by atoms with E-state index in [1.807, 2.05) is 39.0 Å². The van der Waals surface area contributed by atoms with E-state index in [9.17, 15) is 8.78 Å². The molecule has 0 aliphatic heterocycles. The van der Waals surface area contributed by atoms with Crippen LogP contribution < -0.4 is 15.8 Å². The zero-order valence-corrected chi connectivity index (χ0v) is 13.9. The quantitative estimate of drug-likeness (QED) is 0.642. The molecule has 4 nitrogen and oxygen atoms in total. The van der Waals surface area contributed by atoms with Gasteiger partial charge in [-0.3, -0.25) is 0 Å². The van der Waals surface area contributed by atoms with E-state index in [4.69, 9.17) is 10.5 Å². The Morgan fingerprint density at radius 2 is 1.96 bits per heavy atom. The number of ether oxygens (including phenoxy) is 1. The summed E-state index contributed by atoms with van der Waals surface area (Å²) in [4.78, 5) is 4.17. The van der Waals surface area contributed by atoms with Crippen molar-refractivity contribution < 1.29 is 13.5 Å². The van der Waals surface area contributed by atoms with Gasteiger partial charge in [-0.15, -0.1) is 0 Å². The van der Waals surface area contributed by atoms with Crippen LogP contribution in [0, 0.1) is 18.6 Å². The minimum atomic E-state index is -0.603. The van der Waals surface area contributed by atoms with Gasteiger partial charge in [-0.05, 0) is 44.5 Å². The van der Waals surface area contributed by atoms with Crippen LogP contribution in [0.2, 0.25) is 0 Å². The zero-order valence-electron chi connectivity index (χ0n) is 13.9. The van der Waals surface area contributed by atoms with Gasteiger partial charge in [0.15, 0.2) is 5.96 Å². The van der Waals surface area contributed by atoms with Crippen LogP contribution >= 0.6 is 0 Å². The van der Waals surface area contributed by atoms with Gasteiger partial charge in [0.2, 0.25) is 0 Å². The van der Waals surface area contributed by atoms with E-state index in [1.165, 1.54) is 0 Å². The molecule has 2 aromatic rings. The fraction of sp³-hybridized carbons (Fsp3) is 0.278. The molecular formula is C18H21F2N3O. The molecule has 2 rings (SSSR count). The molecule has 6 heteroatoms. The van der Waals surface area contributed by atoms with Crippen molar-refractivity contribution in [3.05, 3.63) is 59.2 Å². The average molecular weight is 333 g/mol. The molecule has 2 aromatic carbocycles. The molecule has 0 aromatic heterocycles. The normalized spacial score (nSPS) is 11.7. The monoisotopic (exact) mass is 333 g/mol.